The van der Waals surface area contributed by atoms with Gasteiger partial charge in [0.05, 0.1) is 14.2 Å². The van der Waals surface area contributed by atoms with Gasteiger partial charge in [-0.3, -0.25) is 0 Å². The van der Waals surface area contributed by atoms with Gasteiger partial charge in [0, 0.05) is 6.04 Å². The number of halogens is 1. The second-order valence-electron chi connectivity index (χ2n) is 6.65. The van der Waals surface area contributed by atoms with E-state index < -0.39 is 0 Å². The number of ether oxygens (including phenoxy) is 2. The molecule has 1 fully saturated rings. The Hall–Kier alpha value is -0.780. The molecule has 0 saturated carbocycles. The molecule has 0 aliphatic carbocycles. The van der Waals surface area contributed by atoms with E-state index in [2.05, 4.69) is 29.4 Å². The lowest BCUT2D eigenvalue weighted by Gasteiger charge is -2.34. The van der Waals surface area contributed by atoms with Gasteiger partial charge in [0.25, 0.3) is 0 Å². The molecule has 0 aromatic heterocycles. The van der Waals surface area contributed by atoms with E-state index in [-0.39, 0.29) is 17.0 Å². The minimum Gasteiger partial charge on any atom is -0.493 e. The summed E-state index contributed by atoms with van der Waals surface area (Å²) in [6.45, 7) is 3.52. The second-order valence-corrected chi connectivity index (χ2v) is 6.65. The van der Waals surface area contributed by atoms with Crippen LogP contribution in [0.1, 0.15) is 36.4 Å². The zero-order valence-corrected chi connectivity index (χ0v) is 16.1. The summed E-state index contributed by atoms with van der Waals surface area (Å²) < 4.78 is 10.9. The molecule has 0 amide bonds. The second kappa shape index (κ2) is 8.36. The van der Waals surface area contributed by atoms with Gasteiger partial charge in [-0.15, -0.1) is 17.0 Å². The Morgan fingerprint density at radius 2 is 1.78 bits per heavy atom. The molecule has 2 aliphatic heterocycles. The summed E-state index contributed by atoms with van der Waals surface area (Å²) in [7, 11) is 5.65. The zero-order chi connectivity index (χ0) is 15.5. The van der Waals surface area contributed by atoms with Crippen molar-refractivity contribution in [3.05, 3.63) is 23.3 Å². The van der Waals surface area contributed by atoms with Crippen LogP contribution in [0.3, 0.4) is 0 Å². The third-order valence-electron chi connectivity index (χ3n) is 5.21. The maximum absolute atomic E-state index is 5.50. The molecule has 1 N–H and O–H groups in total. The number of hydrogen-bond donors (Lipinski definition) is 1. The van der Waals surface area contributed by atoms with Gasteiger partial charge < -0.3 is 19.7 Å². The molecule has 2 aliphatic rings. The molecule has 0 spiro atoms. The highest BCUT2D eigenvalue weighted by Gasteiger charge is 2.26. The molecule has 1 saturated heterocycles. The predicted octanol–water partition coefficient (Wildman–Crippen LogP) is 3.20. The van der Waals surface area contributed by atoms with Crippen molar-refractivity contribution in [1.29, 1.82) is 0 Å². The fourth-order valence-electron chi connectivity index (χ4n) is 3.81. The van der Waals surface area contributed by atoms with Crippen LogP contribution in [0.4, 0.5) is 0 Å². The number of nitrogens with one attached hydrogen (secondary N) is 1. The molecule has 0 bridgehead atoms. The molecular weight excluding hydrogens is 356 g/mol. The fourth-order valence-corrected chi connectivity index (χ4v) is 3.81. The number of fused-ring (bicyclic) bond motifs is 1. The Balaban J connectivity index is 0.00000192. The molecule has 4 nitrogen and oxygen atoms in total. The van der Waals surface area contributed by atoms with Crippen molar-refractivity contribution in [3.8, 4) is 11.5 Å². The van der Waals surface area contributed by atoms with Crippen LogP contribution in [-0.2, 0) is 6.42 Å². The Bertz CT molecular complexity index is 516. The Kier molecular flexibility index (Phi) is 6.74. The summed E-state index contributed by atoms with van der Waals surface area (Å²) in [5.41, 5.74) is 2.82. The Morgan fingerprint density at radius 1 is 1.13 bits per heavy atom. The molecule has 3 rings (SSSR count). The number of nitrogens with zero attached hydrogens (tertiary/aromatic N) is 1. The van der Waals surface area contributed by atoms with Crippen LogP contribution in [0.15, 0.2) is 12.1 Å². The van der Waals surface area contributed by atoms with Gasteiger partial charge in [0.1, 0.15) is 0 Å². The average Bonchev–Trinajstić information content (AvgIpc) is 2.56. The van der Waals surface area contributed by atoms with Crippen LogP contribution in [-0.4, -0.2) is 45.8 Å². The van der Waals surface area contributed by atoms with Crippen molar-refractivity contribution in [1.82, 2.24) is 10.2 Å². The van der Waals surface area contributed by atoms with E-state index in [4.69, 9.17) is 9.47 Å². The number of rotatable bonds is 4. The van der Waals surface area contributed by atoms with Crippen molar-refractivity contribution in [3.63, 3.8) is 0 Å². The van der Waals surface area contributed by atoms with Crippen LogP contribution in [0, 0.1) is 5.92 Å². The SMILES string of the molecule is Br.COc1cc2c(cc1OC)C(CC1CCN(C)CC1)NCC2. The first-order chi connectivity index (χ1) is 10.7. The van der Waals surface area contributed by atoms with Crippen molar-refractivity contribution in [2.75, 3.05) is 40.9 Å². The van der Waals surface area contributed by atoms with E-state index in [1.807, 2.05) is 0 Å². The van der Waals surface area contributed by atoms with Crippen molar-refractivity contribution in [2.24, 2.45) is 5.92 Å². The van der Waals surface area contributed by atoms with Gasteiger partial charge in [0.2, 0.25) is 0 Å². The summed E-state index contributed by atoms with van der Waals surface area (Å²) in [4.78, 5) is 2.44. The maximum atomic E-state index is 5.50. The van der Waals surface area contributed by atoms with Crippen LogP contribution in [0.5, 0.6) is 11.5 Å². The lowest BCUT2D eigenvalue weighted by molar-refractivity contribution is 0.199. The van der Waals surface area contributed by atoms with Crippen molar-refractivity contribution in [2.45, 2.75) is 31.7 Å². The summed E-state index contributed by atoms with van der Waals surface area (Å²) in [6.07, 6.45) is 4.94. The third-order valence-corrected chi connectivity index (χ3v) is 5.21. The van der Waals surface area contributed by atoms with Gasteiger partial charge in [0.15, 0.2) is 11.5 Å². The standard InChI is InChI=1S/C18H28N2O2.BrH/c1-20-8-5-13(6-9-20)10-16-15-12-18(22-3)17(21-2)11-14(15)4-7-19-16;/h11-13,16,19H,4-10H2,1-3H3;1H. The van der Waals surface area contributed by atoms with E-state index >= 15 is 0 Å². The summed E-state index contributed by atoms with van der Waals surface area (Å²) in [6, 6.07) is 4.80. The largest absolute Gasteiger partial charge is 0.493 e. The number of methoxy groups -OCH3 is 2. The van der Waals surface area contributed by atoms with Crippen LogP contribution in [0.2, 0.25) is 0 Å². The first-order valence-corrected chi connectivity index (χ1v) is 8.38. The molecule has 5 heteroatoms. The predicted molar refractivity (Wildman–Crippen MR) is 99.2 cm³/mol. The average molecular weight is 385 g/mol. The van der Waals surface area contributed by atoms with E-state index in [0.717, 1.165) is 30.4 Å². The first-order valence-electron chi connectivity index (χ1n) is 8.38. The van der Waals surface area contributed by atoms with Crippen molar-refractivity contribution >= 4 is 17.0 Å². The molecule has 130 valence electrons. The molecule has 2 heterocycles. The normalized spacial score (nSPS) is 22.1. The minimum atomic E-state index is 0. The Labute approximate surface area is 150 Å². The van der Waals surface area contributed by atoms with Gasteiger partial charge in [-0.2, -0.15) is 0 Å². The first kappa shape index (κ1) is 18.6. The highest BCUT2D eigenvalue weighted by molar-refractivity contribution is 8.93. The number of benzene rings is 1. The van der Waals surface area contributed by atoms with E-state index in [1.54, 1.807) is 14.2 Å². The van der Waals surface area contributed by atoms with Gasteiger partial charge in [-0.05, 0) is 81.5 Å². The summed E-state index contributed by atoms with van der Waals surface area (Å²) in [5.74, 6) is 2.52. The smallest absolute Gasteiger partial charge is 0.161 e. The molecular formula is C18H29BrN2O2. The lowest BCUT2D eigenvalue weighted by Crippen LogP contribution is -2.35. The third kappa shape index (κ3) is 4.20. The molecule has 1 aromatic carbocycles. The highest BCUT2D eigenvalue weighted by atomic mass is 79.9. The van der Waals surface area contributed by atoms with Crippen LogP contribution < -0.4 is 14.8 Å². The minimum absolute atomic E-state index is 0. The summed E-state index contributed by atoms with van der Waals surface area (Å²) in [5, 5.41) is 3.71. The van der Waals surface area contributed by atoms with Gasteiger partial charge in [-0.25, -0.2) is 0 Å². The van der Waals surface area contributed by atoms with E-state index in [0.29, 0.717) is 6.04 Å². The number of piperidine rings is 1. The van der Waals surface area contributed by atoms with Gasteiger partial charge in [-0.1, -0.05) is 0 Å². The van der Waals surface area contributed by atoms with E-state index in [1.165, 1.54) is 43.5 Å². The Morgan fingerprint density at radius 3 is 2.43 bits per heavy atom. The molecule has 1 unspecified atom stereocenters. The number of hydrogen-bond acceptors (Lipinski definition) is 4. The molecule has 1 atom stereocenters. The van der Waals surface area contributed by atoms with E-state index in [9.17, 15) is 0 Å². The summed E-state index contributed by atoms with van der Waals surface area (Å²) >= 11 is 0. The zero-order valence-electron chi connectivity index (χ0n) is 14.4. The van der Waals surface area contributed by atoms with Crippen LogP contribution in [0.25, 0.3) is 0 Å². The molecule has 1 aromatic rings. The van der Waals surface area contributed by atoms with Crippen molar-refractivity contribution < 1.29 is 9.47 Å². The number of likely N-dealkylation sites (tertiary alicyclic amines) is 1. The monoisotopic (exact) mass is 384 g/mol. The lowest BCUT2D eigenvalue weighted by atomic mass is 9.84. The molecule has 0 radical (unpaired) electrons. The van der Waals surface area contributed by atoms with Gasteiger partial charge >= 0.3 is 0 Å². The topological polar surface area (TPSA) is 33.7 Å². The quantitative estimate of drug-likeness (QED) is 0.863. The molecule has 23 heavy (non-hydrogen) atoms. The highest BCUT2D eigenvalue weighted by Crippen LogP contribution is 2.38. The van der Waals surface area contributed by atoms with Crippen LogP contribution >= 0.6 is 17.0 Å². The fraction of sp³-hybridized carbons (Fsp3) is 0.667. The maximum Gasteiger partial charge on any atom is 0.161 e.